The number of benzene rings is 1. The van der Waals surface area contributed by atoms with E-state index in [-0.39, 0.29) is 11.7 Å². The highest BCUT2D eigenvalue weighted by Crippen LogP contribution is 2.19. The van der Waals surface area contributed by atoms with E-state index in [4.69, 9.17) is 0 Å². The van der Waals surface area contributed by atoms with Gasteiger partial charge in [-0.3, -0.25) is 4.79 Å². The number of rotatable bonds is 5. The lowest BCUT2D eigenvalue weighted by Crippen LogP contribution is -2.27. The fraction of sp³-hybridized carbons (Fsp3) is 0.417. The summed E-state index contributed by atoms with van der Waals surface area (Å²) in [6, 6.07) is 4.98. The largest absolute Gasteiger partial charge is 0.507 e. The Kier molecular flexibility index (Phi) is 5.70. The first kappa shape index (κ1) is 14.2. The number of carbonyl (C=O) groups is 1. The Labute approximate surface area is 115 Å². The van der Waals surface area contributed by atoms with Crippen molar-refractivity contribution < 1.29 is 9.90 Å². The third-order valence-corrected chi connectivity index (χ3v) is 2.94. The Bertz CT molecular complexity index is 394. The Morgan fingerprint density at radius 3 is 2.82 bits per heavy atom. The summed E-state index contributed by atoms with van der Waals surface area (Å²) in [5.41, 5.74) is 0.335. The molecule has 0 bridgehead atoms. The highest BCUT2D eigenvalue weighted by atomic mass is 127. The molecule has 0 radical (unpaired) electrons. The molecule has 1 aromatic rings. The van der Waals surface area contributed by atoms with Gasteiger partial charge in [-0.25, -0.2) is 0 Å². The SMILES string of the molecule is CN(C)CCCNC(=O)c1cc(I)ccc1O. The van der Waals surface area contributed by atoms with Crippen LogP contribution in [-0.2, 0) is 0 Å². The van der Waals surface area contributed by atoms with E-state index in [1.54, 1.807) is 12.1 Å². The molecule has 0 atom stereocenters. The zero-order chi connectivity index (χ0) is 12.8. The molecule has 0 spiro atoms. The van der Waals surface area contributed by atoms with Crippen LogP contribution in [0.1, 0.15) is 16.8 Å². The lowest BCUT2D eigenvalue weighted by atomic mass is 10.2. The summed E-state index contributed by atoms with van der Waals surface area (Å²) in [6.45, 7) is 1.54. The molecule has 0 aliphatic carbocycles. The van der Waals surface area contributed by atoms with Crippen molar-refractivity contribution in [2.45, 2.75) is 6.42 Å². The average Bonchev–Trinajstić information content (AvgIpc) is 2.27. The molecule has 1 amide bonds. The molecule has 5 heteroatoms. The van der Waals surface area contributed by atoms with Crippen LogP contribution in [0.4, 0.5) is 0 Å². The molecule has 94 valence electrons. The van der Waals surface area contributed by atoms with Crippen LogP contribution in [0.15, 0.2) is 18.2 Å². The van der Waals surface area contributed by atoms with E-state index >= 15 is 0 Å². The predicted octanol–water partition coefficient (Wildman–Crippen LogP) is 1.68. The zero-order valence-corrected chi connectivity index (χ0v) is 12.2. The standard InChI is InChI=1S/C12H17IN2O2/c1-15(2)7-3-6-14-12(17)10-8-9(13)4-5-11(10)16/h4-5,8,16H,3,6-7H2,1-2H3,(H,14,17). The maximum Gasteiger partial charge on any atom is 0.255 e. The van der Waals surface area contributed by atoms with E-state index in [2.05, 4.69) is 32.8 Å². The second-order valence-corrected chi connectivity index (χ2v) is 5.32. The molecule has 0 unspecified atom stereocenters. The number of phenolic OH excluding ortho intramolecular Hbond substituents is 1. The number of phenols is 1. The Morgan fingerprint density at radius 1 is 1.47 bits per heavy atom. The number of hydrogen-bond donors (Lipinski definition) is 2. The Morgan fingerprint density at radius 2 is 2.18 bits per heavy atom. The summed E-state index contributed by atoms with van der Waals surface area (Å²) in [7, 11) is 3.99. The summed E-state index contributed by atoms with van der Waals surface area (Å²) in [6.07, 6.45) is 0.892. The van der Waals surface area contributed by atoms with Gasteiger partial charge in [-0.2, -0.15) is 0 Å². The molecule has 0 aliphatic heterocycles. The van der Waals surface area contributed by atoms with E-state index < -0.39 is 0 Å². The number of nitrogens with one attached hydrogen (secondary N) is 1. The number of hydrogen-bond acceptors (Lipinski definition) is 3. The molecule has 17 heavy (non-hydrogen) atoms. The summed E-state index contributed by atoms with van der Waals surface area (Å²) in [5.74, 6) is -0.199. The van der Waals surface area contributed by atoms with Crippen molar-refractivity contribution >= 4 is 28.5 Å². The molecule has 0 fully saturated rings. The quantitative estimate of drug-likeness (QED) is 0.629. The van der Waals surface area contributed by atoms with Crippen molar-refractivity contribution in [3.05, 3.63) is 27.3 Å². The highest BCUT2D eigenvalue weighted by Gasteiger charge is 2.10. The lowest BCUT2D eigenvalue weighted by Gasteiger charge is -2.10. The number of amides is 1. The topological polar surface area (TPSA) is 52.6 Å². The molecule has 4 nitrogen and oxygen atoms in total. The lowest BCUT2D eigenvalue weighted by molar-refractivity contribution is 0.0949. The third kappa shape index (κ3) is 4.91. The van der Waals surface area contributed by atoms with Crippen molar-refractivity contribution in [1.29, 1.82) is 0 Å². The average molecular weight is 348 g/mol. The van der Waals surface area contributed by atoms with E-state index in [0.717, 1.165) is 16.5 Å². The van der Waals surface area contributed by atoms with Crippen LogP contribution in [0.3, 0.4) is 0 Å². The van der Waals surface area contributed by atoms with Crippen molar-refractivity contribution in [2.75, 3.05) is 27.2 Å². The molecular formula is C12H17IN2O2. The summed E-state index contributed by atoms with van der Waals surface area (Å²) < 4.78 is 0.929. The van der Waals surface area contributed by atoms with Crippen LogP contribution in [-0.4, -0.2) is 43.1 Å². The second-order valence-electron chi connectivity index (χ2n) is 4.07. The minimum absolute atomic E-state index is 0.0236. The summed E-state index contributed by atoms with van der Waals surface area (Å²) >= 11 is 2.11. The van der Waals surface area contributed by atoms with Gasteiger partial charge >= 0.3 is 0 Å². The third-order valence-electron chi connectivity index (χ3n) is 2.27. The van der Waals surface area contributed by atoms with Gasteiger partial charge in [0.25, 0.3) is 5.91 Å². The normalized spacial score (nSPS) is 10.6. The van der Waals surface area contributed by atoms with Crippen LogP contribution in [0.2, 0.25) is 0 Å². The predicted molar refractivity (Wildman–Crippen MR) is 76.3 cm³/mol. The first-order chi connectivity index (χ1) is 8.00. The van der Waals surface area contributed by atoms with Crippen molar-refractivity contribution in [2.24, 2.45) is 0 Å². The van der Waals surface area contributed by atoms with Gasteiger partial charge in [-0.1, -0.05) is 0 Å². The van der Waals surface area contributed by atoms with Gasteiger partial charge in [-0.05, 0) is 67.9 Å². The van der Waals surface area contributed by atoms with Crippen molar-refractivity contribution in [1.82, 2.24) is 10.2 Å². The second kappa shape index (κ2) is 6.80. The fourth-order valence-electron chi connectivity index (χ4n) is 1.38. The van der Waals surface area contributed by atoms with Gasteiger partial charge in [0.15, 0.2) is 0 Å². The fourth-order valence-corrected chi connectivity index (χ4v) is 1.87. The van der Waals surface area contributed by atoms with E-state index in [1.165, 1.54) is 6.07 Å². The first-order valence-corrected chi connectivity index (χ1v) is 6.50. The van der Waals surface area contributed by atoms with Gasteiger partial charge in [-0.15, -0.1) is 0 Å². The van der Waals surface area contributed by atoms with Crippen LogP contribution >= 0.6 is 22.6 Å². The van der Waals surface area contributed by atoms with Crippen LogP contribution < -0.4 is 5.32 Å². The molecule has 0 aromatic heterocycles. The smallest absolute Gasteiger partial charge is 0.255 e. The number of halogens is 1. The van der Waals surface area contributed by atoms with Gasteiger partial charge in [0.1, 0.15) is 5.75 Å². The Balaban J connectivity index is 2.49. The maximum atomic E-state index is 11.8. The minimum Gasteiger partial charge on any atom is -0.507 e. The van der Waals surface area contributed by atoms with Gasteiger partial charge < -0.3 is 15.3 Å². The van der Waals surface area contributed by atoms with Crippen LogP contribution in [0, 0.1) is 3.57 Å². The maximum absolute atomic E-state index is 11.8. The molecule has 2 N–H and O–H groups in total. The number of aromatic hydroxyl groups is 1. The van der Waals surface area contributed by atoms with Gasteiger partial charge in [0, 0.05) is 10.1 Å². The van der Waals surface area contributed by atoms with Crippen LogP contribution in [0.5, 0.6) is 5.75 Å². The molecule has 0 aliphatic rings. The molecule has 1 rings (SSSR count). The van der Waals surface area contributed by atoms with Crippen molar-refractivity contribution in [3.8, 4) is 5.75 Å². The molecular weight excluding hydrogens is 331 g/mol. The van der Waals surface area contributed by atoms with Crippen molar-refractivity contribution in [3.63, 3.8) is 0 Å². The summed E-state index contributed by atoms with van der Waals surface area (Å²) in [4.78, 5) is 13.8. The highest BCUT2D eigenvalue weighted by molar-refractivity contribution is 14.1. The van der Waals surface area contributed by atoms with Crippen LogP contribution in [0.25, 0.3) is 0 Å². The molecule has 0 saturated carbocycles. The van der Waals surface area contributed by atoms with E-state index in [1.807, 2.05) is 14.1 Å². The molecule has 1 aromatic carbocycles. The molecule has 0 saturated heterocycles. The van der Waals surface area contributed by atoms with Gasteiger partial charge in [0.05, 0.1) is 5.56 Å². The Hall–Kier alpha value is -0.820. The van der Waals surface area contributed by atoms with E-state index in [9.17, 15) is 9.90 Å². The zero-order valence-electron chi connectivity index (χ0n) is 10.0. The number of carbonyl (C=O) groups excluding carboxylic acids is 1. The van der Waals surface area contributed by atoms with E-state index in [0.29, 0.717) is 12.1 Å². The minimum atomic E-state index is -0.222. The first-order valence-electron chi connectivity index (χ1n) is 5.42. The summed E-state index contributed by atoms with van der Waals surface area (Å²) in [5, 5.41) is 12.4. The molecule has 0 heterocycles. The van der Waals surface area contributed by atoms with Gasteiger partial charge in [0.2, 0.25) is 0 Å². The monoisotopic (exact) mass is 348 g/mol. The number of nitrogens with zero attached hydrogens (tertiary/aromatic N) is 1.